The van der Waals surface area contributed by atoms with Gasteiger partial charge in [0.05, 0.1) is 26.7 Å². The first-order valence-corrected chi connectivity index (χ1v) is 10.3. The Morgan fingerprint density at radius 3 is 3.00 bits per heavy atom. The highest BCUT2D eigenvalue weighted by molar-refractivity contribution is 7.89. The number of fused-ring (bicyclic) bond motifs is 1. The summed E-state index contributed by atoms with van der Waals surface area (Å²) in [6.45, 7) is 5.20. The minimum absolute atomic E-state index is 0.165. The lowest BCUT2D eigenvalue weighted by molar-refractivity contribution is -0.131. The SMILES string of the molecule is Cc1nc2ccc(S(=O)(=O)NCC(=O)N3CCC[C@H](C)C3)cc2s1. The van der Waals surface area contributed by atoms with Crippen molar-refractivity contribution in [2.24, 2.45) is 5.92 Å². The van der Waals surface area contributed by atoms with Crippen LogP contribution in [0, 0.1) is 12.8 Å². The number of thiazole rings is 1. The molecule has 1 aliphatic heterocycles. The summed E-state index contributed by atoms with van der Waals surface area (Å²) in [4.78, 5) is 18.5. The standard InChI is InChI=1S/C16H21N3O3S2/c1-11-4-3-7-19(10-11)16(20)9-17-24(21,22)13-5-6-14-15(8-13)23-12(2)18-14/h5-6,8,11,17H,3-4,7,9-10H2,1-2H3/t11-/m0/s1. The van der Waals surface area contributed by atoms with E-state index in [9.17, 15) is 13.2 Å². The number of aromatic nitrogens is 1. The zero-order valence-electron chi connectivity index (χ0n) is 13.8. The lowest BCUT2D eigenvalue weighted by Gasteiger charge is -2.31. The Kier molecular flexibility index (Phi) is 4.89. The van der Waals surface area contributed by atoms with Gasteiger partial charge in [-0.3, -0.25) is 4.79 Å². The van der Waals surface area contributed by atoms with E-state index in [1.54, 1.807) is 17.0 Å². The Morgan fingerprint density at radius 1 is 1.46 bits per heavy atom. The average Bonchev–Trinajstić information content (AvgIpc) is 2.91. The number of amides is 1. The van der Waals surface area contributed by atoms with Gasteiger partial charge in [-0.15, -0.1) is 11.3 Å². The number of rotatable bonds is 4. The number of piperidine rings is 1. The van der Waals surface area contributed by atoms with Crippen LogP contribution in [0.1, 0.15) is 24.8 Å². The highest BCUT2D eigenvalue weighted by Crippen LogP contribution is 2.24. The number of likely N-dealkylation sites (tertiary alicyclic amines) is 1. The molecule has 1 aromatic carbocycles. The molecule has 0 bridgehead atoms. The minimum atomic E-state index is -3.71. The van der Waals surface area contributed by atoms with Crippen LogP contribution in [0.15, 0.2) is 23.1 Å². The molecule has 0 unspecified atom stereocenters. The number of aryl methyl sites for hydroxylation is 1. The van der Waals surface area contributed by atoms with Gasteiger partial charge >= 0.3 is 0 Å². The molecule has 0 radical (unpaired) electrons. The Hall–Kier alpha value is -1.51. The molecular weight excluding hydrogens is 346 g/mol. The van der Waals surface area contributed by atoms with E-state index in [1.807, 2.05) is 6.92 Å². The number of nitrogens with one attached hydrogen (secondary N) is 1. The molecule has 0 aliphatic carbocycles. The molecule has 130 valence electrons. The van der Waals surface area contributed by atoms with Gasteiger partial charge in [0, 0.05) is 13.1 Å². The van der Waals surface area contributed by atoms with Crippen LogP contribution in [0.25, 0.3) is 10.2 Å². The fraction of sp³-hybridized carbons (Fsp3) is 0.500. The number of carbonyl (C=O) groups is 1. The van der Waals surface area contributed by atoms with Gasteiger partial charge in [-0.1, -0.05) is 6.92 Å². The maximum absolute atomic E-state index is 12.4. The lowest BCUT2D eigenvalue weighted by atomic mass is 10.0. The van der Waals surface area contributed by atoms with Crippen molar-refractivity contribution in [3.8, 4) is 0 Å². The lowest BCUT2D eigenvalue weighted by Crippen LogP contribution is -2.44. The van der Waals surface area contributed by atoms with Crippen molar-refractivity contribution < 1.29 is 13.2 Å². The molecule has 1 saturated heterocycles. The number of carbonyl (C=O) groups excluding carboxylic acids is 1. The van der Waals surface area contributed by atoms with Gasteiger partial charge in [-0.25, -0.2) is 18.1 Å². The number of nitrogens with zero attached hydrogens (tertiary/aromatic N) is 2. The van der Waals surface area contributed by atoms with Crippen molar-refractivity contribution in [2.75, 3.05) is 19.6 Å². The van der Waals surface area contributed by atoms with Crippen LogP contribution in [0.4, 0.5) is 0 Å². The molecule has 1 amide bonds. The molecule has 24 heavy (non-hydrogen) atoms. The van der Waals surface area contributed by atoms with Gasteiger partial charge in [0.1, 0.15) is 0 Å². The Bertz CT molecular complexity index is 861. The summed E-state index contributed by atoms with van der Waals surface area (Å²) in [5, 5.41) is 0.891. The summed E-state index contributed by atoms with van der Waals surface area (Å²) in [6, 6.07) is 4.83. The first-order chi connectivity index (χ1) is 11.3. The second kappa shape index (κ2) is 6.78. The van der Waals surface area contributed by atoms with Crippen LogP contribution in [0.5, 0.6) is 0 Å². The van der Waals surface area contributed by atoms with Gasteiger partial charge < -0.3 is 4.90 Å². The quantitative estimate of drug-likeness (QED) is 0.898. The van der Waals surface area contributed by atoms with Crippen LogP contribution in [0.2, 0.25) is 0 Å². The highest BCUT2D eigenvalue weighted by Gasteiger charge is 2.23. The average molecular weight is 367 g/mol. The summed E-state index contributed by atoms with van der Waals surface area (Å²) in [5.74, 6) is 0.302. The van der Waals surface area contributed by atoms with Gasteiger partial charge in [0.2, 0.25) is 15.9 Å². The number of benzene rings is 1. The minimum Gasteiger partial charge on any atom is -0.341 e. The molecule has 0 spiro atoms. The van der Waals surface area contributed by atoms with E-state index in [2.05, 4.69) is 16.6 Å². The Morgan fingerprint density at radius 2 is 2.25 bits per heavy atom. The third kappa shape index (κ3) is 3.76. The van der Waals surface area contributed by atoms with Crippen molar-refractivity contribution in [2.45, 2.75) is 31.6 Å². The van der Waals surface area contributed by atoms with E-state index in [-0.39, 0.29) is 17.3 Å². The number of hydrogen-bond acceptors (Lipinski definition) is 5. The molecule has 2 aromatic rings. The molecule has 1 atom stereocenters. The van der Waals surface area contributed by atoms with Crippen LogP contribution in [-0.2, 0) is 14.8 Å². The fourth-order valence-corrected chi connectivity index (χ4v) is 4.90. The molecular formula is C16H21N3O3S2. The van der Waals surface area contributed by atoms with Crippen LogP contribution < -0.4 is 4.72 Å². The van der Waals surface area contributed by atoms with Gasteiger partial charge in [-0.05, 0) is 43.9 Å². The number of sulfonamides is 1. The molecule has 1 N–H and O–H groups in total. The zero-order valence-corrected chi connectivity index (χ0v) is 15.4. The molecule has 6 nitrogen and oxygen atoms in total. The maximum atomic E-state index is 12.4. The van der Waals surface area contributed by atoms with Gasteiger partial charge in [0.25, 0.3) is 0 Å². The highest BCUT2D eigenvalue weighted by atomic mass is 32.2. The van der Waals surface area contributed by atoms with Gasteiger partial charge in [0.15, 0.2) is 0 Å². The van der Waals surface area contributed by atoms with E-state index >= 15 is 0 Å². The normalized spacial score (nSPS) is 18.9. The van der Waals surface area contributed by atoms with Crippen molar-refractivity contribution in [1.29, 1.82) is 0 Å². The largest absolute Gasteiger partial charge is 0.341 e. The number of hydrogen-bond donors (Lipinski definition) is 1. The topological polar surface area (TPSA) is 79.4 Å². The third-order valence-electron chi connectivity index (χ3n) is 4.20. The summed E-state index contributed by atoms with van der Waals surface area (Å²) in [7, 11) is -3.71. The first-order valence-electron chi connectivity index (χ1n) is 8.00. The van der Waals surface area contributed by atoms with Crippen LogP contribution in [0.3, 0.4) is 0 Å². The van der Waals surface area contributed by atoms with Crippen molar-refractivity contribution in [1.82, 2.24) is 14.6 Å². The Balaban J connectivity index is 1.69. The molecule has 1 aromatic heterocycles. The van der Waals surface area contributed by atoms with Crippen molar-refractivity contribution in [3.05, 3.63) is 23.2 Å². The Labute approximate surface area is 145 Å². The van der Waals surface area contributed by atoms with Gasteiger partial charge in [-0.2, -0.15) is 0 Å². The zero-order chi connectivity index (χ0) is 17.3. The van der Waals surface area contributed by atoms with Crippen molar-refractivity contribution in [3.63, 3.8) is 0 Å². The molecule has 1 fully saturated rings. The summed E-state index contributed by atoms with van der Waals surface area (Å²) in [5.41, 5.74) is 0.787. The van der Waals surface area contributed by atoms with E-state index in [0.29, 0.717) is 19.0 Å². The second-order valence-corrected chi connectivity index (χ2v) is 9.28. The fourth-order valence-electron chi connectivity index (χ4n) is 2.96. The maximum Gasteiger partial charge on any atom is 0.241 e. The monoisotopic (exact) mass is 367 g/mol. The summed E-state index contributed by atoms with van der Waals surface area (Å²) in [6.07, 6.45) is 2.09. The summed E-state index contributed by atoms with van der Waals surface area (Å²) >= 11 is 1.45. The molecule has 2 heterocycles. The molecule has 3 rings (SSSR count). The van der Waals surface area contributed by atoms with Crippen LogP contribution in [-0.4, -0.2) is 43.8 Å². The predicted molar refractivity (Wildman–Crippen MR) is 94.5 cm³/mol. The molecule has 0 saturated carbocycles. The molecule has 1 aliphatic rings. The summed E-state index contributed by atoms with van der Waals surface area (Å²) < 4.78 is 28.1. The predicted octanol–water partition coefficient (Wildman–Crippen LogP) is 2.14. The van der Waals surface area contributed by atoms with E-state index in [4.69, 9.17) is 0 Å². The molecule has 8 heteroatoms. The smallest absolute Gasteiger partial charge is 0.241 e. The van der Waals surface area contributed by atoms with Crippen LogP contribution >= 0.6 is 11.3 Å². The second-order valence-electron chi connectivity index (χ2n) is 6.27. The van der Waals surface area contributed by atoms with Crippen molar-refractivity contribution >= 4 is 37.5 Å². The van der Waals surface area contributed by atoms with E-state index < -0.39 is 10.0 Å². The third-order valence-corrected chi connectivity index (χ3v) is 6.53. The van der Waals surface area contributed by atoms with E-state index in [1.165, 1.54) is 17.4 Å². The first kappa shape index (κ1) is 17.3. The van der Waals surface area contributed by atoms with E-state index in [0.717, 1.165) is 28.1 Å².